The minimum Gasteiger partial charge on any atom is -0.365 e. The molecule has 2 aromatic carbocycles. The van der Waals surface area contributed by atoms with E-state index < -0.39 is 11.6 Å². The van der Waals surface area contributed by atoms with Crippen LogP contribution >= 0.6 is 11.6 Å². The number of rotatable bonds is 4. The minimum atomic E-state index is -0.612. The number of aromatic nitrogens is 2. The van der Waals surface area contributed by atoms with Crippen LogP contribution < -0.4 is 5.32 Å². The molecule has 3 aromatic rings. The first-order valence-corrected chi connectivity index (χ1v) is 7.27. The van der Waals surface area contributed by atoms with Crippen LogP contribution in [0.25, 0.3) is 11.1 Å². The zero-order chi connectivity index (χ0) is 16.2. The average molecular weight is 332 g/mol. The molecule has 3 rings (SSSR count). The molecule has 1 aromatic heterocycles. The molecule has 6 heteroatoms. The Bertz CT molecular complexity index is 805. The number of benzene rings is 2. The van der Waals surface area contributed by atoms with Crippen molar-refractivity contribution in [2.24, 2.45) is 0 Å². The molecular weight excluding hydrogens is 320 g/mol. The lowest BCUT2D eigenvalue weighted by Crippen LogP contribution is -2.07. The fourth-order valence-electron chi connectivity index (χ4n) is 2.20. The van der Waals surface area contributed by atoms with Crippen molar-refractivity contribution in [3.8, 4) is 11.1 Å². The van der Waals surface area contributed by atoms with E-state index in [1.165, 1.54) is 18.2 Å². The summed E-state index contributed by atoms with van der Waals surface area (Å²) in [6.45, 7) is -0.0499. The highest BCUT2D eigenvalue weighted by atomic mass is 35.5. The van der Waals surface area contributed by atoms with Gasteiger partial charge in [-0.2, -0.15) is 0 Å². The Kier molecular flexibility index (Phi) is 4.48. The predicted molar refractivity (Wildman–Crippen MR) is 86.2 cm³/mol. The van der Waals surface area contributed by atoms with Gasteiger partial charge in [-0.05, 0) is 29.3 Å². The highest BCUT2D eigenvalue weighted by molar-refractivity contribution is 6.28. The molecule has 0 aliphatic heterocycles. The molecule has 0 aliphatic carbocycles. The summed E-state index contributed by atoms with van der Waals surface area (Å²) < 4.78 is 27.4. The van der Waals surface area contributed by atoms with Gasteiger partial charge in [-0.1, -0.05) is 36.4 Å². The standard InChI is InChI=1S/C17H12ClF2N3/c18-17-22-9-12(11-5-2-1-3-6-11)16(23-17)21-10-13-14(19)7-4-8-15(13)20/h1-9H,10H2,(H,21,22,23). The molecule has 0 amide bonds. The summed E-state index contributed by atoms with van der Waals surface area (Å²) in [7, 11) is 0. The second-order valence-corrected chi connectivity index (χ2v) is 5.16. The van der Waals surface area contributed by atoms with E-state index in [1.54, 1.807) is 6.20 Å². The summed E-state index contributed by atoms with van der Waals surface area (Å²) in [5, 5.41) is 2.99. The van der Waals surface area contributed by atoms with Gasteiger partial charge < -0.3 is 5.32 Å². The molecule has 0 saturated heterocycles. The predicted octanol–water partition coefficient (Wildman–Crippen LogP) is 4.69. The third kappa shape index (κ3) is 3.46. The van der Waals surface area contributed by atoms with Crippen LogP contribution in [-0.4, -0.2) is 9.97 Å². The molecule has 116 valence electrons. The molecule has 0 aliphatic rings. The van der Waals surface area contributed by atoms with Crippen molar-refractivity contribution >= 4 is 17.4 Å². The van der Waals surface area contributed by atoms with E-state index in [1.807, 2.05) is 30.3 Å². The maximum Gasteiger partial charge on any atom is 0.224 e. The van der Waals surface area contributed by atoms with E-state index in [-0.39, 0.29) is 17.4 Å². The molecule has 3 nitrogen and oxygen atoms in total. The summed E-state index contributed by atoms with van der Waals surface area (Å²) in [5.41, 5.74) is 1.52. The highest BCUT2D eigenvalue weighted by Crippen LogP contribution is 2.27. The molecule has 0 spiro atoms. The van der Waals surface area contributed by atoms with Gasteiger partial charge >= 0.3 is 0 Å². The van der Waals surface area contributed by atoms with Crippen LogP contribution in [0.15, 0.2) is 54.7 Å². The van der Waals surface area contributed by atoms with Gasteiger partial charge in [-0.3, -0.25) is 0 Å². The maximum absolute atomic E-state index is 13.7. The lowest BCUT2D eigenvalue weighted by atomic mass is 10.1. The first kappa shape index (κ1) is 15.4. The van der Waals surface area contributed by atoms with Crippen LogP contribution in [0.3, 0.4) is 0 Å². The fraction of sp³-hybridized carbons (Fsp3) is 0.0588. The van der Waals surface area contributed by atoms with E-state index in [2.05, 4.69) is 15.3 Å². The van der Waals surface area contributed by atoms with Crippen LogP contribution in [0.4, 0.5) is 14.6 Å². The van der Waals surface area contributed by atoms with Gasteiger partial charge in [0.15, 0.2) is 0 Å². The van der Waals surface area contributed by atoms with Gasteiger partial charge in [0.1, 0.15) is 17.5 Å². The number of anilines is 1. The zero-order valence-corrected chi connectivity index (χ0v) is 12.7. The van der Waals surface area contributed by atoms with Crippen molar-refractivity contribution in [2.75, 3.05) is 5.32 Å². The number of hydrogen-bond donors (Lipinski definition) is 1. The summed E-state index contributed by atoms with van der Waals surface area (Å²) in [6, 6.07) is 13.2. The van der Waals surface area contributed by atoms with Crippen LogP contribution in [-0.2, 0) is 6.54 Å². The quantitative estimate of drug-likeness (QED) is 0.705. The SMILES string of the molecule is Fc1cccc(F)c1CNc1nc(Cl)ncc1-c1ccccc1. The highest BCUT2D eigenvalue weighted by Gasteiger charge is 2.12. The number of halogens is 3. The van der Waals surface area contributed by atoms with E-state index >= 15 is 0 Å². The van der Waals surface area contributed by atoms with Crippen LogP contribution in [0.2, 0.25) is 5.28 Å². The molecule has 1 N–H and O–H groups in total. The second-order valence-electron chi connectivity index (χ2n) is 4.82. The summed E-state index contributed by atoms with van der Waals surface area (Å²) in [4.78, 5) is 8.09. The molecule has 0 saturated carbocycles. The number of hydrogen-bond acceptors (Lipinski definition) is 3. The Morgan fingerprint density at radius 3 is 2.35 bits per heavy atom. The fourth-order valence-corrected chi connectivity index (χ4v) is 2.33. The Morgan fingerprint density at radius 2 is 1.65 bits per heavy atom. The van der Waals surface area contributed by atoms with E-state index in [4.69, 9.17) is 11.6 Å². The lowest BCUT2D eigenvalue weighted by molar-refractivity contribution is 0.560. The minimum absolute atomic E-state index is 0.0499. The van der Waals surface area contributed by atoms with Crippen LogP contribution in [0.5, 0.6) is 0 Å². The smallest absolute Gasteiger partial charge is 0.224 e. The van der Waals surface area contributed by atoms with Gasteiger partial charge in [0.05, 0.1) is 0 Å². The Labute approximate surface area is 137 Å². The third-order valence-corrected chi connectivity index (χ3v) is 3.52. The van der Waals surface area contributed by atoms with Crippen molar-refractivity contribution in [3.05, 3.63) is 77.2 Å². The van der Waals surface area contributed by atoms with Gasteiger partial charge in [0.2, 0.25) is 5.28 Å². The maximum atomic E-state index is 13.7. The Morgan fingerprint density at radius 1 is 0.957 bits per heavy atom. The second kappa shape index (κ2) is 6.71. The molecule has 0 unspecified atom stereocenters. The van der Waals surface area contributed by atoms with Crippen LogP contribution in [0, 0.1) is 11.6 Å². The van der Waals surface area contributed by atoms with Gasteiger partial charge in [0.25, 0.3) is 0 Å². The molecule has 0 fully saturated rings. The Balaban J connectivity index is 1.92. The molecule has 1 heterocycles. The summed E-state index contributed by atoms with van der Waals surface area (Å²) >= 11 is 5.84. The van der Waals surface area contributed by atoms with Crippen molar-refractivity contribution in [2.45, 2.75) is 6.54 Å². The summed E-state index contributed by atoms with van der Waals surface area (Å²) in [6.07, 6.45) is 1.57. The van der Waals surface area contributed by atoms with Crippen molar-refractivity contribution in [1.29, 1.82) is 0 Å². The van der Waals surface area contributed by atoms with Gasteiger partial charge in [-0.15, -0.1) is 0 Å². The monoisotopic (exact) mass is 331 g/mol. The first-order valence-electron chi connectivity index (χ1n) is 6.90. The number of nitrogens with zero attached hydrogens (tertiary/aromatic N) is 2. The largest absolute Gasteiger partial charge is 0.365 e. The molecular formula is C17H12ClF2N3. The van der Waals surface area contributed by atoms with Crippen molar-refractivity contribution < 1.29 is 8.78 Å². The van der Waals surface area contributed by atoms with Gasteiger partial charge in [-0.25, -0.2) is 18.7 Å². The Hall–Kier alpha value is -2.53. The number of nitrogens with one attached hydrogen (secondary N) is 1. The van der Waals surface area contributed by atoms with Crippen LogP contribution in [0.1, 0.15) is 5.56 Å². The van der Waals surface area contributed by atoms with E-state index in [0.29, 0.717) is 11.4 Å². The zero-order valence-electron chi connectivity index (χ0n) is 11.9. The molecule has 0 radical (unpaired) electrons. The van der Waals surface area contributed by atoms with E-state index in [9.17, 15) is 8.78 Å². The van der Waals surface area contributed by atoms with Crippen molar-refractivity contribution in [3.63, 3.8) is 0 Å². The van der Waals surface area contributed by atoms with E-state index in [0.717, 1.165) is 5.56 Å². The average Bonchev–Trinajstić information content (AvgIpc) is 2.55. The normalized spacial score (nSPS) is 10.6. The lowest BCUT2D eigenvalue weighted by Gasteiger charge is -2.12. The third-order valence-electron chi connectivity index (χ3n) is 3.34. The summed E-state index contributed by atoms with van der Waals surface area (Å²) in [5.74, 6) is -0.809. The topological polar surface area (TPSA) is 37.8 Å². The molecule has 0 atom stereocenters. The molecule has 23 heavy (non-hydrogen) atoms. The van der Waals surface area contributed by atoms with Gasteiger partial charge in [0, 0.05) is 23.9 Å². The molecule has 0 bridgehead atoms. The first-order chi connectivity index (χ1) is 11.1. The van der Waals surface area contributed by atoms with Crippen molar-refractivity contribution in [1.82, 2.24) is 9.97 Å².